The Morgan fingerprint density at radius 2 is 1.84 bits per heavy atom. The van der Waals surface area contributed by atoms with Crippen molar-refractivity contribution in [2.24, 2.45) is 0 Å². The number of benzene rings is 1. The van der Waals surface area contributed by atoms with Crippen LogP contribution in [-0.4, -0.2) is 0 Å². The molecule has 1 unspecified atom stereocenters. The Morgan fingerprint density at radius 3 is 2.37 bits per heavy atom. The van der Waals surface area contributed by atoms with Gasteiger partial charge in [-0.3, -0.25) is 0 Å². The quantitative estimate of drug-likeness (QED) is 0.652. The Balaban J connectivity index is 2.10. The second-order valence-electron chi connectivity index (χ2n) is 4.88. The Hall–Kier alpha value is -1.51. The van der Waals surface area contributed by atoms with E-state index in [0.717, 1.165) is 31.4 Å². The zero-order valence-electron chi connectivity index (χ0n) is 10.9. The van der Waals surface area contributed by atoms with Crippen LogP contribution in [0.2, 0.25) is 0 Å². The molecule has 1 aliphatic carbocycles. The highest BCUT2D eigenvalue weighted by molar-refractivity contribution is 5.33. The molecule has 0 spiro atoms. The van der Waals surface area contributed by atoms with Crippen LogP contribution in [0.5, 0.6) is 0 Å². The van der Waals surface area contributed by atoms with Crippen molar-refractivity contribution in [1.29, 1.82) is 0 Å². The predicted molar refractivity (Wildman–Crippen MR) is 70.4 cm³/mol. The van der Waals surface area contributed by atoms with Gasteiger partial charge in [0.1, 0.15) is 0 Å². The molecular formula is C16H17F3. The van der Waals surface area contributed by atoms with Crippen LogP contribution in [0.1, 0.15) is 44.1 Å². The molecule has 0 aliphatic heterocycles. The number of rotatable bonds is 4. The fraction of sp³-hybridized carbons (Fsp3) is 0.375. The van der Waals surface area contributed by atoms with Gasteiger partial charge in [-0.25, -0.2) is 13.2 Å². The average Bonchev–Trinajstić information content (AvgIpc) is 2.42. The summed E-state index contributed by atoms with van der Waals surface area (Å²) in [5.41, 5.74) is 1.75. The van der Waals surface area contributed by atoms with E-state index in [1.165, 1.54) is 5.57 Å². The van der Waals surface area contributed by atoms with Gasteiger partial charge in [0.05, 0.1) is 0 Å². The maximum Gasteiger partial charge on any atom is 0.194 e. The van der Waals surface area contributed by atoms with E-state index in [4.69, 9.17) is 0 Å². The van der Waals surface area contributed by atoms with Crippen LogP contribution in [0.25, 0.3) is 0 Å². The van der Waals surface area contributed by atoms with Crippen LogP contribution >= 0.6 is 0 Å². The maximum absolute atomic E-state index is 13.2. The predicted octanol–water partition coefficient (Wildman–Crippen LogP) is 5.26. The van der Waals surface area contributed by atoms with Gasteiger partial charge in [0.25, 0.3) is 0 Å². The fourth-order valence-electron chi connectivity index (χ4n) is 2.27. The van der Waals surface area contributed by atoms with Crippen molar-refractivity contribution >= 4 is 0 Å². The Labute approximate surface area is 111 Å². The van der Waals surface area contributed by atoms with Crippen molar-refractivity contribution in [3.63, 3.8) is 0 Å². The minimum atomic E-state index is -1.40. The van der Waals surface area contributed by atoms with Crippen LogP contribution in [-0.2, 0) is 0 Å². The molecule has 0 fully saturated rings. The van der Waals surface area contributed by atoms with Crippen LogP contribution in [0.4, 0.5) is 13.2 Å². The van der Waals surface area contributed by atoms with Crippen LogP contribution < -0.4 is 0 Å². The van der Waals surface area contributed by atoms with E-state index in [1.807, 2.05) is 12.2 Å². The summed E-state index contributed by atoms with van der Waals surface area (Å²) in [6.45, 7) is 2.14. The van der Waals surface area contributed by atoms with Crippen molar-refractivity contribution in [3.05, 3.63) is 58.9 Å². The summed E-state index contributed by atoms with van der Waals surface area (Å²) < 4.78 is 39.3. The van der Waals surface area contributed by atoms with Gasteiger partial charge < -0.3 is 0 Å². The molecule has 1 aliphatic rings. The molecule has 3 heteroatoms. The van der Waals surface area contributed by atoms with E-state index in [9.17, 15) is 13.2 Å². The van der Waals surface area contributed by atoms with E-state index in [-0.39, 0.29) is 5.92 Å². The van der Waals surface area contributed by atoms with Gasteiger partial charge in [-0.05, 0) is 37.0 Å². The summed E-state index contributed by atoms with van der Waals surface area (Å²) in [6, 6.07) is 2.16. The SMILES string of the molecule is CCCCC1=CCC(c2cc(F)c(F)c(F)c2)C=C1. The molecule has 0 saturated carbocycles. The minimum absolute atomic E-state index is 0.0741. The van der Waals surface area contributed by atoms with Gasteiger partial charge in [-0.2, -0.15) is 0 Å². The van der Waals surface area contributed by atoms with Gasteiger partial charge in [0, 0.05) is 5.92 Å². The summed E-state index contributed by atoms with van der Waals surface area (Å²) in [5.74, 6) is -3.72. The lowest BCUT2D eigenvalue weighted by Crippen LogP contribution is -2.02. The van der Waals surface area contributed by atoms with E-state index < -0.39 is 17.5 Å². The van der Waals surface area contributed by atoms with Crippen molar-refractivity contribution in [2.45, 2.75) is 38.5 Å². The first-order valence-electron chi connectivity index (χ1n) is 6.63. The third kappa shape index (κ3) is 3.28. The van der Waals surface area contributed by atoms with Gasteiger partial charge in [0.2, 0.25) is 0 Å². The number of halogens is 3. The zero-order valence-corrected chi connectivity index (χ0v) is 10.9. The molecule has 1 aromatic carbocycles. The van der Waals surface area contributed by atoms with Crippen LogP contribution in [0.3, 0.4) is 0 Å². The van der Waals surface area contributed by atoms with E-state index in [1.54, 1.807) is 0 Å². The highest BCUT2D eigenvalue weighted by Gasteiger charge is 2.16. The lowest BCUT2D eigenvalue weighted by Gasteiger charge is -2.17. The van der Waals surface area contributed by atoms with E-state index in [0.29, 0.717) is 12.0 Å². The summed E-state index contributed by atoms with van der Waals surface area (Å²) >= 11 is 0. The molecule has 19 heavy (non-hydrogen) atoms. The van der Waals surface area contributed by atoms with E-state index in [2.05, 4.69) is 13.0 Å². The second kappa shape index (κ2) is 6.09. The molecule has 0 aromatic heterocycles. The van der Waals surface area contributed by atoms with Gasteiger partial charge in [0.15, 0.2) is 17.5 Å². The summed E-state index contributed by atoms with van der Waals surface area (Å²) in [6.07, 6.45) is 10.1. The minimum Gasteiger partial charge on any atom is -0.204 e. The number of allylic oxidation sites excluding steroid dienone is 4. The molecule has 0 heterocycles. The summed E-state index contributed by atoms with van der Waals surface area (Å²) in [7, 11) is 0. The van der Waals surface area contributed by atoms with Gasteiger partial charge in [-0.1, -0.05) is 37.1 Å². The third-order valence-corrected chi connectivity index (χ3v) is 3.43. The van der Waals surface area contributed by atoms with Crippen molar-refractivity contribution in [2.75, 3.05) is 0 Å². The lowest BCUT2D eigenvalue weighted by atomic mass is 9.89. The standard InChI is InChI=1S/C16H17F3/c1-2-3-4-11-5-7-12(8-6-11)13-9-14(17)16(19)15(18)10-13/h5-7,9-10,12H,2-4,8H2,1H3. The van der Waals surface area contributed by atoms with Crippen LogP contribution in [0, 0.1) is 17.5 Å². The molecular weight excluding hydrogens is 249 g/mol. The summed E-state index contributed by atoms with van der Waals surface area (Å²) in [5, 5.41) is 0. The van der Waals surface area contributed by atoms with Crippen molar-refractivity contribution in [1.82, 2.24) is 0 Å². The molecule has 1 aromatic rings. The lowest BCUT2D eigenvalue weighted by molar-refractivity contribution is 0.444. The molecule has 0 amide bonds. The highest BCUT2D eigenvalue weighted by atomic mass is 19.2. The summed E-state index contributed by atoms with van der Waals surface area (Å²) in [4.78, 5) is 0. The third-order valence-electron chi connectivity index (χ3n) is 3.43. The second-order valence-corrected chi connectivity index (χ2v) is 4.88. The Kier molecular flexibility index (Phi) is 4.46. The molecule has 102 valence electrons. The zero-order chi connectivity index (χ0) is 13.8. The number of hydrogen-bond acceptors (Lipinski definition) is 0. The highest BCUT2D eigenvalue weighted by Crippen LogP contribution is 2.30. The van der Waals surface area contributed by atoms with Crippen LogP contribution in [0.15, 0.2) is 35.9 Å². The van der Waals surface area contributed by atoms with Crippen molar-refractivity contribution in [3.8, 4) is 0 Å². The number of unbranched alkanes of at least 4 members (excludes halogenated alkanes) is 1. The molecule has 0 saturated heterocycles. The molecule has 1 atom stereocenters. The fourth-order valence-corrected chi connectivity index (χ4v) is 2.27. The normalized spacial score (nSPS) is 18.5. The first-order valence-corrected chi connectivity index (χ1v) is 6.63. The Bertz CT molecular complexity index is 492. The first-order chi connectivity index (χ1) is 9.11. The number of hydrogen-bond donors (Lipinski definition) is 0. The molecule has 0 nitrogen and oxygen atoms in total. The average molecular weight is 266 g/mol. The van der Waals surface area contributed by atoms with Crippen molar-refractivity contribution < 1.29 is 13.2 Å². The molecule has 0 radical (unpaired) electrons. The topological polar surface area (TPSA) is 0 Å². The largest absolute Gasteiger partial charge is 0.204 e. The van der Waals surface area contributed by atoms with Gasteiger partial charge in [-0.15, -0.1) is 0 Å². The van der Waals surface area contributed by atoms with E-state index >= 15 is 0 Å². The molecule has 0 N–H and O–H groups in total. The maximum atomic E-state index is 13.2. The van der Waals surface area contributed by atoms with Gasteiger partial charge >= 0.3 is 0 Å². The smallest absolute Gasteiger partial charge is 0.194 e. The molecule has 2 rings (SSSR count). The molecule has 0 bridgehead atoms. The monoisotopic (exact) mass is 266 g/mol. The Morgan fingerprint density at radius 1 is 1.16 bits per heavy atom. The first kappa shape index (κ1) is 13.9.